The lowest BCUT2D eigenvalue weighted by molar-refractivity contribution is -0.115. The molecule has 9 heteroatoms. The third kappa shape index (κ3) is 3.71. The molecule has 3 N–H and O–H groups in total. The van der Waals surface area contributed by atoms with Crippen molar-refractivity contribution in [3.8, 4) is 11.5 Å². The van der Waals surface area contributed by atoms with Crippen LogP contribution in [0.25, 0.3) is 0 Å². The minimum atomic E-state index is -0.549. The van der Waals surface area contributed by atoms with E-state index in [9.17, 15) is 4.79 Å². The minimum Gasteiger partial charge on any atom is -0.493 e. The zero-order valence-corrected chi connectivity index (χ0v) is 15.9. The fourth-order valence-electron chi connectivity index (χ4n) is 3.02. The Morgan fingerprint density at radius 2 is 2.15 bits per heavy atom. The molecule has 1 aromatic carbocycles. The van der Waals surface area contributed by atoms with Gasteiger partial charge in [0.2, 0.25) is 11.9 Å². The first-order valence-electron chi connectivity index (χ1n) is 8.78. The summed E-state index contributed by atoms with van der Waals surface area (Å²) in [5.74, 6) is 1.68. The van der Waals surface area contributed by atoms with Crippen LogP contribution in [-0.2, 0) is 4.79 Å². The van der Waals surface area contributed by atoms with E-state index in [2.05, 4.69) is 34.7 Å². The van der Waals surface area contributed by atoms with E-state index >= 15 is 0 Å². The highest BCUT2D eigenvalue weighted by molar-refractivity contribution is 5.95. The van der Waals surface area contributed by atoms with Gasteiger partial charge in [-0.15, -0.1) is 0 Å². The zero-order chi connectivity index (χ0) is 19.6. The Kier molecular flexibility index (Phi) is 5.29. The van der Waals surface area contributed by atoms with Crippen LogP contribution in [0, 0.1) is 5.92 Å². The maximum Gasteiger partial charge on any atom is 0.248 e. The molecule has 1 aliphatic heterocycles. The number of methoxy groups -OCH3 is 1. The van der Waals surface area contributed by atoms with Crippen LogP contribution in [-0.4, -0.2) is 39.8 Å². The number of nitrogens with zero attached hydrogens (tertiary/aromatic N) is 4. The fourth-order valence-corrected chi connectivity index (χ4v) is 3.02. The lowest BCUT2D eigenvalue weighted by Crippen LogP contribution is -2.31. The summed E-state index contributed by atoms with van der Waals surface area (Å²) in [6, 6.07) is 4.97. The number of anilines is 1. The van der Waals surface area contributed by atoms with Gasteiger partial charge < -0.3 is 20.5 Å². The number of ether oxygens (including phenoxy) is 2. The van der Waals surface area contributed by atoms with Gasteiger partial charge in [0.25, 0.3) is 0 Å². The van der Waals surface area contributed by atoms with Gasteiger partial charge >= 0.3 is 0 Å². The van der Waals surface area contributed by atoms with Gasteiger partial charge in [0, 0.05) is 5.70 Å². The number of primary amides is 1. The maximum atomic E-state index is 12.1. The van der Waals surface area contributed by atoms with Crippen LogP contribution in [0.2, 0.25) is 0 Å². The summed E-state index contributed by atoms with van der Waals surface area (Å²) in [6.07, 6.45) is 0.945. The predicted octanol–water partition coefficient (Wildman–Crippen LogP) is 1.88. The van der Waals surface area contributed by atoms with E-state index in [-0.39, 0.29) is 0 Å². The highest BCUT2D eigenvalue weighted by Crippen LogP contribution is 2.38. The molecule has 27 heavy (non-hydrogen) atoms. The lowest BCUT2D eigenvalue weighted by Gasteiger charge is -2.27. The van der Waals surface area contributed by atoms with E-state index in [1.165, 1.54) is 4.68 Å². The van der Waals surface area contributed by atoms with Crippen molar-refractivity contribution in [2.45, 2.75) is 33.2 Å². The number of aromatic nitrogens is 4. The smallest absolute Gasteiger partial charge is 0.248 e. The van der Waals surface area contributed by atoms with E-state index in [4.69, 9.17) is 15.2 Å². The number of hydrogen-bond acceptors (Lipinski definition) is 7. The van der Waals surface area contributed by atoms with Gasteiger partial charge in [0.1, 0.15) is 6.04 Å². The number of hydrogen-bond donors (Lipinski definition) is 2. The van der Waals surface area contributed by atoms with Crippen molar-refractivity contribution in [3.63, 3.8) is 0 Å². The summed E-state index contributed by atoms with van der Waals surface area (Å²) < 4.78 is 12.9. The number of nitrogens with two attached hydrogens (primary N) is 1. The van der Waals surface area contributed by atoms with Gasteiger partial charge in [-0.3, -0.25) is 4.79 Å². The van der Waals surface area contributed by atoms with Gasteiger partial charge in [-0.2, -0.15) is 4.68 Å². The SMILES string of the molecule is COc1cc(C2C(C(N)=O)=C(C)Nc3nnnn32)ccc1OCCC(C)C. The van der Waals surface area contributed by atoms with Gasteiger partial charge in [0.05, 0.1) is 19.3 Å². The summed E-state index contributed by atoms with van der Waals surface area (Å²) in [5, 5.41) is 14.6. The molecule has 1 aromatic heterocycles. The summed E-state index contributed by atoms with van der Waals surface area (Å²) in [7, 11) is 1.58. The van der Waals surface area contributed by atoms with Gasteiger partial charge in [0.15, 0.2) is 11.5 Å². The fraction of sp³-hybridized carbons (Fsp3) is 0.444. The molecule has 2 heterocycles. The largest absolute Gasteiger partial charge is 0.493 e. The number of rotatable bonds is 7. The molecule has 0 radical (unpaired) electrons. The van der Waals surface area contributed by atoms with Crippen LogP contribution in [0.15, 0.2) is 29.5 Å². The molecule has 0 bridgehead atoms. The highest BCUT2D eigenvalue weighted by Gasteiger charge is 2.33. The van der Waals surface area contributed by atoms with Crippen molar-refractivity contribution in [1.82, 2.24) is 20.2 Å². The van der Waals surface area contributed by atoms with Crippen molar-refractivity contribution in [1.29, 1.82) is 0 Å². The number of fused-ring (bicyclic) bond motifs is 1. The van der Waals surface area contributed by atoms with E-state index in [0.717, 1.165) is 12.0 Å². The maximum absolute atomic E-state index is 12.1. The Morgan fingerprint density at radius 3 is 2.81 bits per heavy atom. The van der Waals surface area contributed by atoms with E-state index < -0.39 is 11.9 Å². The first-order valence-corrected chi connectivity index (χ1v) is 8.78. The van der Waals surface area contributed by atoms with Crippen molar-refractivity contribution in [2.24, 2.45) is 11.7 Å². The molecule has 1 aliphatic rings. The predicted molar refractivity (Wildman–Crippen MR) is 99.4 cm³/mol. The second kappa shape index (κ2) is 7.65. The first-order chi connectivity index (χ1) is 12.9. The molecule has 0 aliphatic carbocycles. The Hall–Kier alpha value is -3.10. The van der Waals surface area contributed by atoms with Gasteiger partial charge in [-0.1, -0.05) is 25.0 Å². The van der Waals surface area contributed by atoms with Crippen LogP contribution >= 0.6 is 0 Å². The molecule has 1 unspecified atom stereocenters. The topological polar surface area (TPSA) is 117 Å². The summed E-state index contributed by atoms with van der Waals surface area (Å²) >= 11 is 0. The molecular formula is C18H24N6O3. The number of tetrazole rings is 1. The van der Waals surface area contributed by atoms with E-state index in [1.807, 2.05) is 18.2 Å². The summed E-state index contributed by atoms with van der Waals surface area (Å²) in [4.78, 5) is 12.1. The first kappa shape index (κ1) is 18.7. The molecule has 2 aromatic rings. The number of benzene rings is 1. The van der Waals surface area contributed by atoms with E-state index in [1.54, 1.807) is 14.0 Å². The lowest BCUT2D eigenvalue weighted by atomic mass is 9.95. The van der Waals surface area contributed by atoms with Crippen LogP contribution in [0.1, 0.15) is 38.8 Å². The second-order valence-electron chi connectivity index (χ2n) is 6.82. The van der Waals surface area contributed by atoms with Gasteiger partial charge in [-0.05, 0) is 47.4 Å². The molecule has 0 fully saturated rings. The van der Waals surface area contributed by atoms with Crippen molar-refractivity contribution in [3.05, 3.63) is 35.0 Å². The second-order valence-corrected chi connectivity index (χ2v) is 6.82. The number of carbonyl (C=O) groups is 1. The Balaban J connectivity index is 1.98. The Morgan fingerprint density at radius 1 is 1.37 bits per heavy atom. The minimum absolute atomic E-state index is 0.394. The Bertz CT molecular complexity index is 874. The van der Waals surface area contributed by atoms with Gasteiger partial charge in [-0.25, -0.2) is 0 Å². The summed E-state index contributed by atoms with van der Waals surface area (Å²) in [5.41, 5.74) is 7.41. The van der Waals surface area contributed by atoms with Crippen molar-refractivity contribution >= 4 is 11.9 Å². The van der Waals surface area contributed by atoms with Crippen LogP contribution in [0.4, 0.5) is 5.95 Å². The average molecular weight is 372 g/mol. The zero-order valence-electron chi connectivity index (χ0n) is 15.9. The monoisotopic (exact) mass is 372 g/mol. The summed E-state index contributed by atoms with van der Waals surface area (Å²) in [6.45, 7) is 6.66. The van der Waals surface area contributed by atoms with Crippen molar-refractivity contribution < 1.29 is 14.3 Å². The molecule has 0 saturated carbocycles. The highest BCUT2D eigenvalue weighted by atomic mass is 16.5. The van der Waals surface area contributed by atoms with Crippen molar-refractivity contribution in [2.75, 3.05) is 19.0 Å². The third-order valence-corrected chi connectivity index (χ3v) is 4.44. The third-order valence-electron chi connectivity index (χ3n) is 4.44. The van der Waals surface area contributed by atoms with Crippen LogP contribution < -0.4 is 20.5 Å². The van der Waals surface area contributed by atoms with Crippen LogP contribution in [0.5, 0.6) is 11.5 Å². The molecule has 3 rings (SSSR count). The molecule has 1 amide bonds. The quantitative estimate of drug-likeness (QED) is 0.762. The average Bonchev–Trinajstić information content (AvgIpc) is 3.08. The number of amides is 1. The molecule has 0 spiro atoms. The van der Waals surface area contributed by atoms with Crippen LogP contribution in [0.3, 0.4) is 0 Å². The number of carbonyl (C=O) groups excluding carboxylic acids is 1. The molecule has 9 nitrogen and oxygen atoms in total. The normalized spacial score (nSPS) is 16.1. The standard InChI is InChI=1S/C18H24N6O3/c1-10(2)7-8-27-13-6-5-12(9-14(13)26-4)16-15(17(19)25)11(3)20-18-21-22-23-24(16)18/h5-6,9-10,16H,7-8H2,1-4H3,(H2,19,25)(H,20,21,23). The van der Waals surface area contributed by atoms with E-state index in [0.29, 0.717) is 41.2 Å². The Labute approximate surface area is 157 Å². The number of nitrogens with one attached hydrogen (secondary N) is 1. The molecular weight excluding hydrogens is 348 g/mol. The molecule has 144 valence electrons. The molecule has 0 saturated heterocycles. The number of allylic oxidation sites excluding steroid dienone is 1. The molecule has 1 atom stereocenters.